The first-order valence-corrected chi connectivity index (χ1v) is 4.64. The Balaban J connectivity index is 2.95. The summed E-state index contributed by atoms with van der Waals surface area (Å²) in [5.41, 5.74) is 1.79. The number of anilines is 1. The van der Waals surface area contributed by atoms with Crippen molar-refractivity contribution in [2.24, 2.45) is 0 Å². The van der Waals surface area contributed by atoms with E-state index >= 15 is 0 Å². The number of pyridine rings is 1. The molecule has 1 aromatic heterocycles. The normalized spacial score (nSPS) is 11.1. The zero-order valence-corrected chi connectivity index (χ0v) is 9.09. The maximum Gasteiger partial charge on any atom is 0.221 e. The Bertz CT molecular complexity index is 339. The van der Waals surface area contributed by atoms with Crippen LogP contribution >= 0.6 is 0 Å². The number of carbonyl (C=O) groups excluding carboxylic acids is 1. The van der Waals surface area contributed by atoms with Crippen LogP contribution in [0.2, 0.25) is 0 Å². The molecular formula is C11H16N2O. The number of hydrogen-bond acceptors (Lipinski definition) is 2. The van der Waals surface area contributed by atoms with Crippen molar-refractivity contribution in [3.05, 3.63) is 24.0 Å². The van der Waals surface area contributed by atoms with Gasteiger partial charge in [-0.05, 0) is 12.1 Å². The second-order valence-electron chi connectivity index (χ2n) is 4.36. The summed E-state index contributed by atoms with van der Waals surface area (Å²) in [6.07, 6.45) is 1.71. The summed E-state index contributed by atoms with van der Waals surface area (Å²) >= 11 is 0. The summed E-state index contributed by atoms with van der Waals surface area (Å²) in [7, 11) is 0. The van der Waals surface area contributed by atoms with Gasteiger partial charge in [0.1, 0.15) is 0 Å². The highest BCUT2D eigenvalue weighted by Crippen LogP contribution is 2.22. The maximum absolute atomic E-state index is 10.8. The van der Waals surface area contributed by atoms with E-state index in [4.69, 9.17) is 0 Å². The number of nitrogens with one attached hydrogen (secondary N) is 1. The molecule has 0 spiro atoms. The second kappa shape index (κ2) is 3.78. The Hall–Kier alpha value is -1.38. The fraction of sp³-hybridized carbons (Fsp3) is 0.455. The van der Waals surface area contributed by atoms with Gasteiger partial charge in [-0.15, -0.1) is 0 Å². The fourth-order valence-electron chi connectivity index (χ4n) is 1.12. The van der Waals surface area contributed by atoms with E-state index in [0.29, 0.717) is 0 Å². The van der Waals surface area contributed by atoms with Crippen molar-refractivity contribution in [1.82, 2.24) is 4.98 Å². The molecule has 0 bridgehead atoms. The van der Waals surface area contributed by atoms with E-state index < -0.39 is 0 Å². The van der Waals surface area contributed by atoms with Crippen LogP contribution in [0.15, 0.2) is 18.3 Å². The maximum atomic E-state index is 10.8. The van der Waals surface area contributed by atoms with Gasteiger partial charge in [-0.2, -0.15) is 0 Å². The van der Waals surface area contributed by atoms with Crippen LogP contribution in [0.3, 0.4) is 0 Å². The third-order valence-electron chi connectivity index (χ3n) is 1.85. The van der Waals surface area contributed by atoms with E-state index in [9.17, 15) is 4.79 Å². The summed E-state index contributed by atoms with van der Waals surface area (Å²) in [6.45, 7) is 7.77. The molecule has 76 valence electrons. The molecular weight excluding hydrogens is 176 g/mol. The molecule has 0 aromatic carbocycles. The van der Waals surface area contributed by atoms with Crippen molar-refractivity contribution < 1.29 is 4.79 Å². The van der Waals surface area contributed by atoms with Crippen molar-refractivity contribution in [1.29, 1.82) is 0 Å². The Morgan fingerprint density at radius 1 is 1.43 bits per heavy atom. The van der Waals surface area contributed by atoms with Gasteiger partial charge in [0.25, 0.3) is 0 Å². The van der Waals surface area contributed by atoms with Gasteiger partial charge in [0.2, 0.25) is 5.91 Å². The molecule has 0 aliphatic heterocycles. The first-order valence-electron chi connectivity index (χ1n) is 4.64. The quantitative estimate of drug-likeness (QED) is 0.742. The molecule has 1 heterocycles. The average molecular weight is 192 g/mol. The number of carbonyl (C=O) groups is 1. The molecule has 0 unspecified atom stereocenters. The van der Waals surface area contributed by atoms with Gasteiger partial charge in [0, 0.05) is 29.9 Å². The lowest BCUT2D eigenvalue weighted by atomic mass is 9.91. The van der Waals surface area contributed by atoms with Gasteiger partial charge in [-0.25, -0.2) is 0 Å². The highest BCUT2D eigenvalue weighted by molar-refractivity contribution is 5.88. The van der Waals surface area contributed by atoms with Crippen molar-refractivity contribution >= 4 is 11.6 Å². The summed E-state index contributed by atoms with van der Waals surface area (Å²) in [5.74, 6) is -0.0592. The summed E-state index contributed by atoms with van der Waals surface area (Å²) in [4.78, 5) is 15.1. The highest BCUT2D eigenvalue weighted by Gasteiger charge is 2.15. The largest absolute Gasteiger partial charge is 0.326 e. The van der Waals surface area contributed by atoms with Crippen molar-refractivity contribution in [2.75, 3.05) is 5.32 Å². The van der Waals surface area contributed by atoms with Gasteiger partial charge in [0.15, 0.2) is 0 Å². The number of nitrogens with zero attached hydrogens (tertiary/aromatic N) is 1. The average Bonchev–Trinajstić information content (AvgIpc) is 2.01. The molecule has 1 N–H and O–H groups in total. The van der Waals surface area contributed by atoms with E-state index in [0.717, 1.165) is 11.4 Å². The monoisotopic (exact) mass is 192 g/mol. The Kier molecular flexibility index (Phi) is 2.89. The van der Waals surface area contributed by atoms with Crippen molar-refractivity contribution in [3.63, 3.8) is 0 Å². The number of amides is 1. The van der Waals surface area contributed by atoms with Crippen LogP contribution in [0, 0.1) is 0 Å². The fourth-order valence-corrected chi connectivity index (χ4v) is 1.12. The topological polar surface area (TPSA) is 42.0 Å². The van der Waals surface area contributed by atoms with Gasteiger partial charge in [0.05, 0.1) is 0 Å². The minimum atomic E-state index is -0.0592. The smallest absolute Gasteiger partial charge is 0.221 e. The van der Waals surface area contributed by atoms with E-state index in [-0.39, 0.29) is 11.3 Å². The SMILES string of the molecule is CC(=O)Nc1ccnc(C(C)(C)C)c1. The van der Waals surface area contributed by atoms with Gasteiger partial charge in [-0.1, -0.05) is 20.8 Å². The molecule has 0 fully saturated rings. The van der Waals surface area contributed by atoms with Gasteiger partial charge >= 0.3 is 0 Å². The van der Waals surface area contributed by atoms with Gasteiger partial charge < -0.3 is 5.32 Å². The third-order valence-corrected chi connectivity index (χ3v) is 1.85. The Morgan fingerprint density at radius 2 is 2.07 bits per heavy atom. The molecule has 0 saturated carbocycles. The minimum Gasteiger partial charge on any atom is -0.326 e. The molecule has 1 aromatic rings. The molecule has 0 atom stereocenters. The van der Waals surface area contributed by atoms with E-state index in [2.05, 4.69) is 31.1 Å². The molecule has 0 saturated heterocycles. The molecule has 1 rings (SSSR count). The molecule has 3 nitrogen and oxygen atoms in total. The lowest BCUT2D eigenvalue weighted by Gasteiger charge is -2.18. The Labute approximate surface area is 84.6 Å². The van der Waals surface area contributed by atoms with Crippen LogP contribution in [-0.2, 0) is 10.2 Å². The second-order valence-corrected chi connectivity index (χ2v) is 4.36. The zero-order chi connectivity index (χ0) is 10.8. The van der Waals surface area contributed by atoms with Crippen LogP contribution in [0.25, 0.3) is 0 Å². The van der Waals surface area contributed by atoms with Crippen LogP contribution in [0.4, 0.5) is 5.69 Å². The number of aromatic nitrogens is 1. The Morgan fingerprint density at radius 3 is 2.57 bits per heavy atom. The third kappa shape index (κ3) is 2.83. The number of rotatable bonds is 1. The molecule has 0 aliphatic carbocycles. The zero-order valence-electron chi connectivity index (χ0n) is 9.09. The first kappa shape index (κ1) is 10.7. The van der Waals surface area contributed by atoms with E-state index in [1.165, 1.54) is 6.92 Å². The predicted octanol–water partition coefficient (Wildman–Crippen LogP) is 2.34. The lowest BCUT2D eigenvalue weighted by Crippen LogP contribution is -2.14. The summed E-state index contributed by atoms with van der Waals surface area (Å²) in [6, 6.07) is 3.69. The van der Waals surface area contributed by atoms with Crippen LogP contribution in [0.1, 0.15) is 33.4 Å². The standard InChI is InChI=1S/C11H16N2O/c1-8(14)13-9-5-6-12-10(7-9)11(2,3)4/h5-7H,1-4H3,(H,12,13,14). The first-order chi connectivity index (χ1) is 6.39. The molecule has 0 radical (unpaired) electrons. The molecule has 0 aliphatic rings. The number of hydrogen-bond donors (Lipinski definition) is 1. The lowest BCUT2D eigenvalue weighted by molar-refractivity contribution is -0.114. The summed E-state index contributed by atoms with van der Waals surface area (Å²) < 4.78 is 0. The predicted molar refractivity (Wildman–Crippen MR) is 57.2 cm³/mol. The van der Waals surface area contributed by atoms with E-state index in [1.54, 1.807) is 12.3 Å². The molecule has 1 amide bonds. The van der Waals surface area contributed by atoms with Crippen LogP contribution in [0.5, 0.6) is 0 Å². The van der Waals surface area contributed by atoms with Crippen LogP contribution in [-0.4, -0.2) is 10.9 Å². The van der Waals surface area contributed by atoms with Crippen LogP contribution < -0.4 is 5.32 Å². The summed E-state index contributed by atoms with van der Waals surface area (Å²) in [5, 5.41) is 2.74. The molecule has 14 heavy (non-hydrogen) atoms. The van der Waals surface area contributed by atoms with E-state index in [1.807, 2.05) is 6.07 Å². The molecule has 3 heteroatoms. The minimum absolute atomic E-state index is 0.00841. The van der Waals surface area contributed by atoms with Crippen molar-refractivity contribution in [2.45, 2.75) is 33.1 Å². The highest BCUT2D eigenvalue weighted by atomic mass is 16.1. The van der Waals surface area contributed by atoms with Gasteiger partial charge in [-0.3, -0.25) is 9.78 Å². The van der Waals surface area contributed by atoms with Crippen molar-refractivity contribution in [3.8, 4) is 0 Å².